The van der Waals surface area contributed by atoms with Crippen molar-refractivity contribution in [1.82, 2.24) is 0 Å². The van der Waals surface area contributed by atoms with Gasteiger partial charge in [0, 0.05) is 11.5 Å². The average molecular weight is 340 g/mol. The Balaban J connectivity index is 1.82. The number of ether oxygens (including phenoxy) is 1. The molecule has 0 aliphatic carbocycles. The van der Waals surface area contributed by atoms with Crippen molar-refractivity contribution in [3.05, 3.63) is 19.8 Å². The van der Waals surface area contributed by atoms with E-state index in [4.69, 9.17) is 16.3 Å². The van der Waals surface area contributed by atoms with Crippen LogP contribution in [0.4, 0.5) is 0 Å². The maximum absolute atomic E-state index is 10.1. The normalized spacial score (nSPS) is 22.6. The van der Waals surface area contributed by atoms with Crippen molar-refractivity contribution in [3.63, 3.8) is 0 Å². The van der Waals surface area contributed by atoms with Gasteiger partial charge in [0.15, 0.2) is 0 Å². The molecule has 2 nitrogen and oxygen atoms in total. The number of rotatable bonds is 4. The minimum atomic E-state index is -0.422. The topological polar surface area (TPSA) is 29.5 Å². The van der Waals surface area contributed by atoms with Crippen LogP contribution in [0, 0.1) is 0 Å². The van der Waals surface area contributed by atoms with Crippen LogP contribution >= 0.6 is 38.9 Å². The molecule has 0 aromatic carbocycles. The average Bonchev–Trinajstić information content (AvgIpc) is 2.68. The number of halogens is 2. The van der Waals surface area contributed by atoms with Gasteiger partial charge in [0.05, 0.1) is 21.0 Å². The monoisotopic (exact) mass is 338 g/mol. The van der Waals surface area contributed by atoms with Gasteiger partial charge in [-0.05, 0) is 54.1 Å². The highest BCUT2D eigenvalue weighted by Crippen LogP contribution is 2.36. The molecule has 2 heterocycles. The fourth-order valence-corrected chi connectivity index (χ4v) is 3.82. The molecule has 1 fully saturated rings. The molecule has 0 bridgehead atoms. The SMILES string of the molecule is OC(CCC1CCCCO1)c1cc(Cl)c(Br)s1. The first-order valence-corrected chi connectivity index (χ1v) is 7.90. The van der Waals surface area contributed by atoms with E-state index in [9.17, 15) is 5.11 Å². The van der Waals surface area contributed by atoms with E-state index in [0.717, 1.165) is 34.5 Å². The number of hydrogen-bond donors (Lipinski definition) is 1. The Bertz CT molecular complexity index is 344. The van der Waals surface area contributed by atoms with Crippen molar-refractivity contribution in [3.8, 4) is 0 Å². The lowest BCUT2D eigenvalue weighted by Crippen LogP contribution is -2.19. The third kappa shape index (κ3) is 3.93. The summed E-state index contributed by atoms with van der Waals surface area (Å²) >= 11 is 10.8. The van der Waals surface area contributed by atoms with Crippen LogP contribution in [0.1, 0.15) is 43.1 Å². The summed E-state index contributed by atoms with van der Waals surface area (Å²) in [5, 5.41) is 10.7. The molecule has 1 aromatic rings. The number of aliphatic hydroxyl groups excluding tert-OH is 1. The lowest BCUT2D eigenvalue weighted by molar-refractivity contribution is 0.00236. The molecule has 1 N–H and O–H groups in total. The second kappa shape index (κ2) is 6.53. The predicted octanol–water partition coefficient (Wildman–Crippen LogP) is 4.55. The van der Waals surface area contributed by atoms with Crippen molar-refractivity contribution in [2.75, 3.05) is 6.61 Å². The molecule has 0 saturated carbocycles. The van der Waals surface area contributed by atoms with Gasteiger partial charge in [0.2, 0.25) is 0 Å². The molecule has 0 radical (unpaired) electrons. The van der Waals surface area contributed by atoms with Crippen LogP contribution < -0.4 is 0 Å². The molecule has 0 amide bonds. The summed E-state index contributed by atoms with van der Waals surface area (Å²) in [6.07, 6.45) is 5.12. The minimum Gasteiger partial charge on any atom is -0.388 e. The van der Waals surface area contributed by atoms with Crippen LogP contribution in [0.3, 0.4) is 0 Å². The molecule has 1 aromatic heterocycles. The van der Waals surface area contributed by atoms with Crippen molar-refractivity contribution in [2.24, 2.45) is 0 Å². The Morgan fingerprint density at radius 1 is 1.59 bits per heavy atom. The van der Waals surface area contributed by atoms with Crippen LogP contribution in [0.15, 0.2) is 9.85 Å². The first-order chi connectivity index (χ1) is 8.16. The molecular weight excluding hydrogens is 324 g/mol. The third-order valence-electron chi connectivity index (χ3n) is 3.03. The first kappa shape index (κ1) is 13.8. The van der Waals surface area contributed by atoms with E-state index in [2.05, 4.69) is 15.9 Å². The van der Waals surface area contributed by atoms with Gasteiger partial charge in [-0.2, -0.15) is 0 Å². The Morgan fingerprint density at radius 2 is 2.41 bits per heavy atom. The van der Waals surface area contributed by atoms with E-state index in [0.29, 0.717) is 11.1 Å². The zero-order chi connectivity index (χ0) is 12.3. The van der Waals surface area contributed by atoms with E-state index in [1.165, 1.54) is 24.2 Å². The Hall–Kier alpha value is 0.390. The van der Waals surface area contributed by atoms with Crippen LogP contribution in [0.5, 0.6) is 0 Å². The zero-order valence-corrected chi connectivity index (χ0v) is 12.7. The molecule has 2 atom stereocenters. The first-order valence-electron chi connectivity index (χ1n) is 5.91. The van der Waals surface area contributed by atoms with Gasteiger partial charge in [-0.3, -0.25) is 0 Å². The second-order valence-electron chi connectivity index (χ2n) is 4.35. The summed E-state index contributed by atoms with van der Waals surface area (Å²) < 4.78 is 6.54. The summed E-state index contributed by atoms with van der Waals surface area (Å²) in [6.45, 7) is 0.872. The van der Waals surface area contributed by atoms with Gasteiger partial charge < -0.3 is 9.84 Å². The highest BCUT2D eigenvalue weighted by molar-refractivity contribution is 9.11. The smallest absolute Gasteiger partial charge is 0.0888 e. The Kier molecular flexibility index (Phi) is 5.30. The third-order valence-corrected chi connectivity index (χ3v) is 5.60. The molecule has 1 aliphatic rings. The maximum atomic E-state index is 10.1. The fourth-order valence-electron chi connectivity index (χ4n) is 2.05. The second-order valence-corrected chi connectivity index (χ2v) is 7.16. The summed E-state index contributed by atoms with van der Waals surface area (Å²) in [4.78, 5) is 0.928. The lowest BCUT2D eigenvalue weighted by atomic mass is 10.0. The molecule has 0 spiro atoms. The van der Waals surface area contributed by atoms with Crippen molar-refractivity contribution < 1.29 is 9.84 Å². The largest absolute Gasteiger partial charge is 0.388 e. The highest BCUT2D eigenvalue weighted by Gasteiger charge is 2.18. The van der Waals surface area contributed by atoms with Crippen molar-refractivity contribution >= 4 is 38.9 Å². The zero-order valence-electron chi connectivity index (χ0n) is 9.49. The summed E-state index contributed by atoms with van der Waals surface area (Å²) in [6, 6.07) is 1.84. The fraction of sp³-hybridized carbons (Fsp3) is 0.667. The van der Waals surface area contributed by atoms with Crippen molar-refractivity contribution in [1.29, 1.82) is 0 Å². The van der Waals surface area contributed by atoms with Crippen LogP contribution in [0.2, 0.25) is 5.02 Å². The van der Waals surface area contributed by atoms with Gasteiger partial charge in [0.1, 0.15) is 0 Å². The molecule has 2 unspecified atom stereocenters. The Morgan fingerprint density at radius 3 is 3.00 bits per heavy atom. The van der Waals surface area contributed by atoms with Crippen molar-refractivity contribution in [2.45, 2.75) is 44.3 Å². The standard InChI is InChI=1S/C12H16BrClO2S/c13-12-9(14)7-11(17-12)10(15)5-4-8-3-1-2-6-16-8/h7-8,10,15H,1-6H2. The highest BCUT2D eigenvalue weighted by atomic mass is 79.9. The molecule has 96 valence electrons. The molecule has 1 saturated heterocycles. The number of thiophene rings is 1. The van der Waals surface area contributed by atoms with E-state index in [-0.39, 0.29) is 0 Å². The van der Waals surface area contributed by atoms with E-state index in [1.807, 2.05) is 6.07 Å². The summed E-state index contributed by atoms with van der Waals surface area (Å²) in [7, 11) is 0. The molecule has 5 heteroatoms. The van der Waals surface area contributed by atoms with Crippen LogP contribution in [-0.2, 0) is 4.74 Å². The summed E-state index contributed by atoms with van der Waals surface area (Å²) in [5.41, 5.74) is 0. The van der Waals surface area contributed by atoms with Crippen LogP contribution in [-0.4, -0.2) is 17.8 Å². The van der Waals surface area contributed by atoms with Gasteiger partial charge in [-0.1, -0.05) is 11.6 Å². The lowest BCUT2D eigenvalue weighted by Gasteiger charge is -2.23. The van der Waals surface area contributed by atoms with Gasteiger partial charge in [0.25, 0.3) is 0 Å². The molecule has 1 aliphatic heterocycles. The van der Waals surface area contributed by atoms with Crippen LogP contribution in [0.25, 0.3) is 0 Å². The quantitative estimate of drug-likeness (QED) is 0.872. The maximum Gasteiger partial charge on any atom is 0.0888 e. The van der Waals surface area contributed by atoms with E-state index in [1.54, 1.807) is 0 Å². The molecule has 17 heavy (non-hydrogen) atoms. The Labute approximate surface area is 119 Å². The minimum absolute atomic E-state index is 0.331. The van der Waals surface area contributed by atoms with Gasteiger partial charge in [-0.25, -0.2) is 0 Å². The number of aliphatic hydroxyl groups is 1. The summed E-state index contributed by atoms with van der Waals surface area (Å²) in [5.74, 6) is 0. The van der Waals surface area contributed by atoms with Gasteiger partial charge >= 0.3 is 0 Å². The predicted molar refractivity (Wildman–Crippen MR) is 74.8 cm³/mol. The van der Waals surface area contributed by atoms with E-state index < -0.39 is 6.10 Å². The molecule has 2 rings (SSSR count). The van der Waals surface area contributed by atoms with Gasteiger partial charge in [-0.15, -0.1) is 11.3 Å². The van der Waals surface area contributed by atoms with E-state index >= 15 is 0 Å². The number of hydrogen-bond acceptors (Lipinski definition) is 3. The molecular formula is C12H16BrClO2S.